The predicted molar refractivity (Wildman–Crippen MR) is 115 cm³/mol. The Hall–Kier alpha value is -1.95. The highest BCUT2D eigenvalue weighted by Gasteiger charge is 2.23. The summed E-state index contributed by atoms with van der Waals surface area (Å²) in [5.74, 6) is 1.79. The number of rotatable bonds is 4. The third kappa shape index (κ3) is 3.32. The van der Waals surface area contributed by atoms with E-state index in [1.165, 1.54) is 0 Å². The maximum atomic E-state index is 6.61. The second kappa shape index (κ2) is 7.82. The Morgan fingerprint density at radius 2 is 1.57 bits per heavy atom. The fraction of sp³-hybridized carbons (Fsp3) is 0.300. The number of fused-ring (bicyclic) bond motifs is 1. The first-order chi connectivity index (χ1) is 13.5. The Morgan fingerprint density at radius 3 is 2.18 bits per heavy atom. The number of anilines is 1. The summed E-state index contributed by atoms with van der Waals surface area (Å²) in [5, 5.41) is 3.06. The zero-order valence-corrected chi connectivity index (χ0v) is 17.7. The van der Waals surface area contributed by atoms with Gasteiger partial charge in [0.25, 0.3) is 0 Å². The minimum Gasteiger partial charge on any atom is -0.495 e. The summed E-state index contributed by atoms with van der Waals surface area (Å²) < 4.78 is 10.8. The first kappa shape index (κ1) is 19.4. The summed E-state index contributed by atoms with van der Waals surface area (Å²) in [6.45, 7) is 1.88. The van der Waals surface area contributed by atoms with E-state index in [4.69, 9.17) is 49.3 Å². The highest BCUT2D eigenvalue weighted by atomic mass is 35.5. The molecule has 1 aliphatic heterocycles. The van der Waals surface area contributed by atoms with E-state index in [1.807, 2.05) is 12.1 Å². The van der Waals surface area contributed by atoms with E-state index < -0.39 is 0 Å². The van der Waals surface area contributed by atoms with Crippen LogP contribution in [-0.4, -0.2) is 37.3 Å². The van der Waals surface area contributed by atoms with Crippen LogP contribution in [-0.2, 0) is 0 Å². The number of methoxy groups -OCH3 is 2. The standard InChI is InChI=1S/C20H18Cl3N3O2/c1-27-14-9-15(28-2)19(23)17(18(14)22)13-7-11-10-24-16(21)8-12(11)20(25-13)26-5-3-4-6-26/h7-10H,3-6H2,1-2H3. The molecule has 1 aliphatic rings. The highest BCUT2D eigenvalue weighted by Crippen LogP contribution is 2.46. The number of hydrogen-bond donors (Lipinski definition) is 0. The van der Waals surface area contributed by atoms with E-state index in [0.29, 0.717) is 38.0 Å². The minimum atomic E-state index is 0.384. The minimum absolute atomic E-state index is 0.384. The molecule has 2 aromatic heterocycles. The smallest absolute Gasteiger partial charge is 0.141 e. The van der Waals surface area contributed by atoms with Crippen LogP contribution in [0.1, 0.15) is 12.8 Å². The van der Waals surface area contributed by atoms with Gasteiger partial charge >= 0.3 is 0 Å². The van der Waals surface area contributed by atoms with Crippen molar-refractivity contribution in [2.24, 2.45) is 0 Å². The number of aromatic nitrogens is 2. The number of pyridine rings is 2. The molecule has 28 heavy (non-hydrogen) atoms. The van der Waals surface area contributed by atoms with E-state index in [9.17, 15) is 0 Å². The molecule has 8 heteroatoms. The molecule has 5 nitrogen and oxygen atoms in total. The largest absolute Gasteiger partial charge is 0.495 e. The topological polar surface area (TPSA) is 47.5 Å². The van der Waals surface area contributed by atoms with Gasteiger partial charge < -0.3 is 14.4 Å². The zero-order valence-electron chi connectivity index (χ0n) is 15.4. The molecular formula is C20H18Cl3N3O2. The summed E-state index contributed by atoms with van der Waals surface area (Å²) in [5.41, 5.74) is 1.20. The summed E-state index contributed by atoms with van der Waals surface area (Å²) in [6, 6.07) is 5.42. The molecule has 0 N–H and O–H groups in total. The van der Waals surface area contributed by atoms with Crippen molar-refractivity contribution in [2.45, 2.75) is 12.8 Å². The Morgan fingerprint density at radius 1 is 0.929 bits per heavy atom. The molecule has 1 aromatic carbocycles. The number of hydrogen-bond acceptors (Lipinski definition) is 5. The average molecular weight is 439 g/mol. The van der Waals surface area contributed by atoms with Crippen LogP contribution in [0.25, 0.3) is 22.0 Å². The fourth-order valence-corrected chi connectivity index (χ4v) is 4.36. The van der Waals surface area contributed by atoms with Gasteiger partial charge in [-0.3, -0.25) is 0 Å². The summed E-state index contributed by atoms with van der Waals surface area (Å²) in [6.07, 6.45) is 3.99. The normalized spacial score (nSPS) is 14.0. The molecule has 0 spiro atoms. The zero-order chi connectivity index (χ0) is 19.8. The van der Waals surface area contributed by atoms with Crippen molar-refractivity contribution in [3.63, 3.8) is 0 Å². The van der Waals surface area contributed by atoms with Gasteiger partial charge in [-0.15, -0.1) is 0 Å². The molecule has 146 valence electrons. The van der Waals surface area contributed by atoms with Crippen molar-refractivity contribution in [3.05, 3.63) is 39.6 Å². The molecule has 0 bridgehead atoms. The molecule has 1 fully saturated rings. The summed E-state index contributed by atoms with van der Waals surface area (Å²) in [7, 11) is 3.10. The monoisotopic (exact) mass is 437 g/mol. The van der Waals surface area contributed by atoms with Crippen LogP contribution >= 0.6 is 34.8 Å². The van der Waals surface area contributed by atoms with Crippen molar-refractivity contribution < 1.29 is 9.47 Å². The maximum Gasteiger partial charge on any atom is 0.141 e. The van der Waals surface area contributed by atoms with Crippen LogP contribution in [0, 0.1) is 0 Å². The van der Waals surface area contributed by atoms with Gasteiger partial charge in [-0.2, -0.15) is 0 Å². The molecule has 3 aromatic rings. The van der Waals surface area contributed by atoms with Gasteiger partial charge in [-0.05, 0) is 25.0 Å². The van der Waals surface area contributed by atoms with Crippen LogP contribution in [0.15, 0.2) is 24.4 Å². The summed E-state index contributed by atoms with van der Waals surface area (Å²) in [4.78, 5) is 11.4. The third-order valence-electron chi connectivity index (χ3n) is 4.90. The van der Waals surface area contributed by atoms with Crippen molar-refractivity contribution in [1.82, 2.24) is 9.97 Å². The van der Waals surface area contributed by atoms with E-state index in [0.717, 1.165) is 42.5 Å². The van der Waals surface area contributed by atoms with Gasteiger partial charge in [-0.25, -0.2) is 9.97 Å². The number of benzene rings is 1. The summed E-state index contributed by atoms with van der Waals surface area (Å²) >= 11 is 19.4. The molecule has 0 radical (unpaired) electrons. The lowest BCUT2D eigenvalue weighted by Gasteiger charge is -2.21. The molecule has 0 aliphatic carbocycles. The first-order valence-corrected chi connectivity index (χ1v) is 9.98. The van der Waals surface area contributed by atoms with E-state index >= 15 is 0 Å². The number of ether oxygens (including phenoxy) is 2. The van der Waals surface area contributed by atoms with Crippen LogP contribution in [0.4, 0.5) is 5.82 Å². The SMILES string of the molecule is COc1cc(OC)c(Cl)c(-c2cc3cnc(Cl)cc3c(N3CCCC3)n2)c1Cl. The van der Waals surface area contributed by atoms with Crippen LogP contribution in [0.2, 0.25) is 15.2 Å². The third-order valence-corrected chi connectivity index (χ3v) is 5.85. The van der Waals surface area contributed by atoms with Gasteiger partial charge in [0, 0.05) is 41.7 Å². The molecule has 0 unspecified atom stereocenters. The lowest BCUT2D eigenvalue weighted by Crippen LogP contribution is -2.19. The van der Waals surface area contributed by atoms with Gasteiger partial charge in [0.15, 0.2) is 0 Å². The van der Waals surface area contributed by atoms with E-state index in [2.05, 4.69) is 9.88 Å². The molecular weight excluding hydrogens is 421 g/mol. The molecule has 4 rings (SSSR count). The second-order valence-electron chi connectivity index (χ2n) is 6.54. The molecule has 0 atom stereocenters. The Bertz CT molecular complexity index is 1020. The van der Waals surface area contributed by atoms with Gasteiger partial charge in [-0.1, -0.05) is 34.8 Å². The van der Waals surface area contributed by atoms with Crippen LogP contribution in [0.5, 0.6) is 11.5 Å². The van der Waals surface area contributed by atoms with Crippen molar-refractivity contribution in [1.29, 1.82) is 0 Å². The van der Waals surface area contributed by atoms with Crippen LogP contribution in [0.3, 0.4) is 0 Å². The Labute approximate surface area is 178 Å². The van der Waals surface area contributed by atoms with Gasteiger partial charge in [0.1, 0.15) is 22.5 Å². The van der Waals surface area contributed by atoms with Crippen molar-refractivity contribution in [3.8, 4) is 22.8 Å². The molecule has 3 heterocycles. The van der Waals surface area contributed by atoms with Gasteiger partial charge in [0.05, 0.1) is 30.0 Å². The van der Waals surface area contributed by atoms with Crippen molar-refractivity contribution >= 4 is 51.4 Å². The van der Waals surface area contributed by atoms with E-state index in [-0.39, 0.29) is 0 Å². The highest BCUT2D eigenvalue weighted by molar-refractivity contribution is 6.41. The lowest BCUT2D eigenvalue weighted by atomic mass is 10.1. The molecule has 1 saturated heterocycles. The number of halogens is 3. The second-order valence-corrected chi connectivity index (χ2v) is 7.68. The lowest BCUT2D eigenvalue weighted by molar-refractivity contribution is 0.395. The molecule has 0 saturated carbocycles. The molecule has 0 amide bonds. The maximum absolute atomic E-state index is 6.61. The van der Waals surface area contributed by atoms with Gasteiger partial charge in [0.2, 0.25) is 0 Å². The predicted octanol–water partition coefficient (Wildman–Crippen LogP) is 5.87. The van der Waals surface area contributed by atoms with Crippen LogP contribution < -0.4 is 14.4 Å². The first-order valence-electron chi connectivity index (χ1n) is 8.85. The van der Waals surface area contributed by atoms with E-state index in [1.54, 1.807) is 26.5 Å². The average Bonchev–Trinajstić information content (AvgIpc) is 3.22. The van der Waals surface area contributed by atoms with Crippen molar-refractivity contribution in [2.75, 3.05) is 32.2 Å². The number of nitrogens with zero attached hydrogens (tertiary/aromatic N) is 3. The Kier molecular flexibility index (Phi) is 5.41. The Balaban J connectivity index is 2.01. The fourth-order valence-electron chi connectivity index (χ4n) is 3.51. The quantitative estimate of drug-likeness (QED) is 0.476.